The van der Waals surface area contributed by atoms with Gasteiger partial charge in [0.15, 0.2) is 5.78 Å². The topological polar surface area (TPSA) is 76.8 Å². The molecule has 1 fully saturated rings. The smallest absolute Gasteiger partial charge is 0.343 e. The number of carbonyl (C=O) groups is 3. The molecule has 1 aromatic carbocycles. The molecule has 0 radical (unpaired) electrons. The summed E-state index contributed by atoms with van der Waals surface area (Å²) < 4.78 is 11.4. The molecule has 0 unspecified atom stereocenters. The number of alkyl halides is 1. The number of nitrogens with zero attached hydrogens (tertiary/aromatic N) is 1. The third kappa shape index (κ3) is 5.75. The minimum Gasteiger partial charge on any atom is -0.462 e. The van der Waals surface area contributed by atoms with E-state index in [1.165, 1.54) is 0 Å². The molecule has 0 aliphatic heterocycles. The van der Waals surface area contributed by atoms with E-state index < -0.39 is 5.97 Å². The number of anilines is 1. The number of halogens is 1. The van der Waals surface area contributed by atoms with Crippen molar-refractivity contribution in [2.75, 3.05) is 16.8 Å². The van der Waals surface area contributed by atoms with Crippen LogP contribution in [0.4, 0.5) is 5.88 Å². The molecule has 7 heteroatoms. The van der Waals surface area contributed by atoms with E-state index >= 15 is 0 Å². The Morgan fingerprint density at radius 1 is 1.12 bits per heavy atom. The average Bonchev–Trinajstić information content (AvgIpc) is 3.24. The van der Waals surface area contributed by atoms with Gasteiger partial charge in [-0.1, -0.05) is 47.1 Å². The van der Waals surface area contributed by atoms with Crippen molar-refractivity contribution in [1.82, 2.24) is 0 Å². The first-order chi connectivity index (χ1) is 15.8. The van der Waals surface area contributed by atoms with Crippen molar-refractivity contribution >= 4 is 39.5 Å². The van der Waals surface area contributed by atoms with Gasteiger partial charge in [-0.05, 0) is 52.4 Å². The molecule has 1 saturated carbocycles. The van der Waals surface area contributed by atoms with Gasteiger partial charge in [0.05, 0.1) is 11.9 Å². The van der Waals surface area contributed by atoms with Crippen LogP contribution in [-0.2, 0) is 9.53 Å². The molecule has 2 aromatic rings. The Morgan fingerprint density at radius 2 is 1.76 bits per heavy atom. The van der Waals surface area contributed by atoms with Gasteiger partial charge in [0.2, 0.25) is 11.8 Å². The van der Waals surface area contributed by atoms with Crippen LogP contribution >= 0.6 is 15.9 Å². The van der Waals surface area contributed by atoms with Gasteiger partial charge in [0, 0.05) is 29.2 Å². The Hall–Kier alpha value is -2.41. The number of benzene rings is 1. The highest BCUT2D eigenvalue weighted by atomic mass is 79.9. The van der Waals surface area contributed by atoms with Crippen LogP contribution < -0.4 is 4.90 Å². The van der Waals surface area contributed by atoms with Crippen molar-refractivity contribution in [3.8, 4) is 11.3 Å². The number of rotatable bonds is 8. The van der Waals surface area contributed by atoms with Crippen molar-refractivity contribution in [3.63, 3.8) is 0 Å². The Balaban J connectivity index is 2.00. The van der Waals surface area contributed by atoms with Crippen LogP contribution in [0, 0.1) is 11.8 Å². The van der Waals surface area contributed by atoms with Crippen molar-refractivity contribution in [2.24, 2.45) is 11.8 Å². The summed E-state index contributed by atoms with van der Waals surface area (Å²) >= 11 is 3.18. The molecule has 1 aromatic heterocycles. The monoisotopic (exact) mass is 517 g/mol. The predicted octanol–water partition coefficient (Wildman–Crippen LogP) is 6.27. The second-order valence-electron chi connectivity index (χ2n) is 8.94. The van der Waals surface area contributed by atoms with Gasteiger partial charge in [-0.15, -0.1) is 0 Å². The Labute approximate surface area is 203 Å². The maximum atomic E-state index is 13.5. The van der Waals surface area contributed by atoms with E-state index in [1.807, 2.05) is 13.8 Å². The Morgan fingerprint density at radius 3 is 2.30 bits per heavy atom. The molecule has 1 amide bonds. The lowest BCUT2D eigenvalue weighted by Gasteiger charge is -2.32. The van der Waals surface area contributed by atoms with Gasteiger partial charge in [-0.3, -0.25) is 14.5 Å². The zero-order valence-corrected chi connectivity index (χ0v) is 21.3. The zero-order chi connectivity index (χ0) is 24.1. The summed E-state index contributed by atoms with van der Waals surface area (Å²) in [5, 5.41) is 0.246. The maximum Gasteiger partial charge on any atom is 0.343 e. The standard InChI is InChI=1S/C26H32BrNO5/c1-5-32-26(31)21-14-23(19-12-10-18(11-13-19)22(29)15-27)33-25(21)28(16(2)3)24(30)20-8-6-17(4)7-9-20/h10-14,16-17,20H,5-9,15H2,1-4H3/t17-,20-. The first-order valence-electron chi connectivity index (χ1n) is 11.6. The van der Waals surface area contributed by atoms with Crippen LogP contribution in [0.15, 0.2) is 34.7 Å². The van der Waals surface area contributed by atoms with Crippen molar-refractivity contribution in [3.05, 3.63) is 41.5 Å². The number of ketones is 1. The molecule has 3 rings (SSSR count). The molecule has 0 atom stereocenters. The molecule has 0 bridgehead atoms. The van der Waals surface area contributed by atoms with Crippen molar-refractivity contribution in [1.29, 1.82) is 0 Å². The van der Waals surface area contributed by atoms with Crippen LogP contribution in [0.3, 0.4) is 0 Å². The van der Waals surface area contributed by atoms with Gasteiger partial charge in [-0.25, -0.2) is 4.79 Å². The number of hydrogen-bond donors (Lipinski definition) is 0. The van der Waals surface area contributed by atoms with E-state index in [4.69, 9.17) is 9.15 Å². The molecule has 178 valence electrons. The number of furan rings is 1. The minimum atomic E-state index is -0.524. The molecule has 33 heavy (non-hydrogen) atoms. The number of esters is 1. The van der Waals surface area contributed by atoms with E-state index in [2.05, 4.69) is 22.9 Å². The molecule has 1 aliphatic carbocycles. The lowest BCUT2D eigenvalue weighted by Crippen LogP contribution is -2.42. The number of carbonyl (C=O) groups excluding carboxylic acids is 3. The van der Waals surface area contributed by atoms with Gasteiger partial charge in [0.25, 0.3) is 0 Å². The van der Waals surface area contributed by atoms with Gasteiger partial charge in [0.1, 0.15) is 11.3 Å². The fourth-order valence-corrected chi connectivity index (χ4v) is 4.57. The number of amides is 1. The maximum absolute atomic E-state index is 13.5. The number of hydrogen-bond acceptors (Lipinski definition) is 5. The van der Waals surface area contributed by atoms with Crippen LogP contribution in [0.25, 0.3) is 11.3 Å². The molecule has 0 spiro atoms. The Kier molecular flexibility index (Phi) is 8.51. The summed E-state index contributed by atoms with van der Waals surface area (Å²) in [6.07, 6.45) is 3.73. The van der Waals surface area contributed by atoms with E-state index in [1.54, 1.807) is 42.2 Å². The number of Topliss-reactive ketones (excluding diaryl/α,β-unsaturated/α-hetero) is 1. The summed E-state index contributed by atoms with van der Waals surface area (Å²) in [4.78, 5) is 39.9. The first-order valence-corrected chi connectivity index (χ1v) is 12.7. The van der Waals surface area contributed by atoms with Gasteiger partial charge in [-0.2, -0.15) is 0 Å². The summed E-state index contributed by atoms with van der Waals surface area (Å²) in [5.41, 5.74) is 1.53. The third-order valence-corrected chi connectivity index (χ3v) is 6.67. The van der Waals surface area contributed by atoms with Crippen molar-refractivity contribution < 1.29 is 23.5 Å². The molecule has 1 aliphatic rings. The van der Waals surface area contributed by atoms with Crippen LogP contribution in [0.1, 0.15) is 74.1 Å². The third-order valence-electron chi connectivity index (χ3n) is 6.16. The van der Waals surface area contributed by atoms with E-state index in [0.717, 1.165) is 25.7 Å². The fourth-order valence-electron chi connectivity index (χ4n) is 4.25. The van der Waals surface area contributed by atoms with Gasteiger partial charge >= 0.3 is 5.97 Å². The predicted molar refractivity (Wildman–Crippen MR) is 132 cm³/mol. The highest BCUT2D eigenvalue weighted by Crippen LogP contribution is 2.37. The van der Waals surface area contributed by atoms with Crippen LogP contribution in [0.2, 0.25) is 0 Å². The summed E-state index contributed by atoms with van der Waals surface area (Å²) in [6, 6.07) is 8.43. The lowest BCUT2D eigenvalue weighted by atomic mass is 9.82. The summed E-state index contributed by atoms with van der Waals surface area (Å²) in [7, 11) is 0. The zero-order valence-electron chi connectivity index (χ0n) is 19.7. The minimum absolute atomic E-state index is 0.0124. The normalized spacial score (nSPS) is 18.2. The molecular formula is C26H32BrNO5. The summed E-state index contributed by atoms with van der Waals surface area (Å²) in [6.45, 7) is 8.02. The molecule has 0 saturated heterocycles. The average molecular weight is 518 g/mol. The highest BCUT2D eigenvalue weighted by molar-refractivity contribution is 9.09. The molecule has 1 heterocycles. The molecular weight excluding hydrogens is 486 g/mol. The second kappa shape index (κ2) is 11.1. The lowest BCUT2D eigenvalue weighted by molar-refractivity contribution is -0.124. The second-order valence-corrected chi connectivity index (χ2v) is 9.50. The molecule has 6 nitrogen and oxygen atoms in total. The quantitative estimate of drug-likeness (QED) is 0.234. The Bertz CT molecular complexity index is 987. The largest absolute Gasteiger partial charge is 0.462 e. The molecule has 0 N–H and O–H groups in total. The van der Waals surface area contributed by atoms with Gasteiger partial charge < -0.3 is 9.15 Å². The highest BCUT2D eigenvalue weighted by Gasteiger charge is 2.35. The van der Waals surface area contributed by atoms with E-state index in [0.29, 0.717) is 22.8 Å². The van der Waals surface area contributed by atoms with Crippen LogP contribution in [0.5, 0.6) is 0 Å². The fraction of sp³-hybridized carbons (Fsp3) is 0.500. The van der Waals surface area contributed by atoms with Crippen LogP contribution in [-0.4, -0.2) is 35.6 Å². The van der Waals surface area contributed by atoms with Crippen molar-refractivity contribution in [2.45, 2.75) is 59.4 Å². The first kappa shape index (κ1) is 25.2. The SMILES string of the molecule is CCOC(=O)c1cc(-c2ccc(C(=O)CBr)cc2)oc1N(C(=O)[C@H]1CC[C@H](C)CC1)C(C)C. The van der Waals surface area contributed by atoms with E-state index in [-0.39, 0.29) is 47.0 Å². The number of ether oxygens (including phenoxy) is 1. The summed E-state index contributed by atoms with van der Waals surface area (Å²) in [5.74, 6) is 0.662. The van der Waals surface area contributed by atoms with E-state index in [9.17, 15) is 14.4 Å².